The molecule has 0 bridgehead atoms. The van der Waals surface area contributed by atoms with Crippen molar-refractivity contribution in [1.82, 2.24) is 0 Å². The highest BCUT2D eigenvalue weighted by atomic mass is 32.1. The number of rotatable bonds is 3. The first-order chi connectivity index (χ1) is 10.4. The number of amides is 1. The molecule has 0 spiro atoms. The van der Waals surface area contributed by atoms with E-state index >= 15 is 0 Å². The molecule has 0 heterocycles. The van der Waals surface area contributed by atoms with E-state index in [-0.39, 0.29) is 11.4 Å². The normalized spacial score (nSPS) is 11.8. The standard InChI is InChI=1S/C14H16F3NO4S/c1-13(2,3)22-12(20)18-9-5-4-8(14(15,16)17)6-10(9)21-11(19)7-23/h4-6,23H,7H2,1-3H3,(H,18,20). The largest absolute Gasteiger partial charge is 0.444 e. The average molecular weight is 351 g/mol. The summed E-state index contributed by atoms with van der Waals surface area (Å²) in [7, 11) is 0. The van der Waals surface area contributed by atoms with E-state index in [1.807, 2.05) is 0 Å². The van der Waals surface area contributed by atoms with Gasteiger partial charge >= 0.3 is 18.2 Å². The molecule has 1 aromatic carbocycles. The van der Waals surface area contributed by atoms with Crippen LogP contribution in [0, 0.1) is 0 Å². The zero-order chi connectivity index (χ0) is 17.8. The lowest BCUT2D eigenvalue weighted by Crippen LogP contribution is -2.27. The predicted molar refractivity (Wildman–Crippen MR) is 80.8 cm³/mol. The SMILES string of the molecule is CC(C)(C)OC(=O)Nc1ccc(C(F)(F)F)cc1OC(=O)CS. The Hall–Kier alpha value is -1.90. The van der Waals surface area contributed by atoms with Crippen LogP contribution in [0.4, 0.5) is 23.7 Å². The Bertz CT molecular complexity index is 597. The van der Waals surface area contributed by atoms with E-state index in [0.717, 1.165) is 12.1 Å². The molecule has 1 N–H and O–H groups in total. The lowest BCUT2D eigenvalue weighted by Gasteiger charge is -2.20. The van der Waals surface area contributed by atoms with Crippen molar-refractivity contribution in [2.24, 2.45) is 0 Å². The van der Waals surface area contributed by atoms with Crippen LogP contribution in [-0.2, 0) is 15.7 Å². The van der Waals surface area contributed by atoms with Crippen molar-refractivity contribution < 1.29 is 32.2 Å². The lowest BCUT2D eigenvalue weighted by atomic mass is 10.2. The van der Waals surface area contributed by atoms with Crippen LogP contribution in [0.5, 0.6) is 5.75 Å². The van der Waals surface area contributed by atoms with Crippen LogP contribution in [0.1, 0.15) is 26.3 Å². The van der Waals surface area contributed by atoms with Crippen LogP contribution in [0.3, 0.4) is 0 Å². The van der Waals surface area contributed by atoms with E-state index in [1.54, 1.807) is 20.8 Å². The molecular weight excluding hydrogens is 335 g/mol. The van der Waals surface area contributed by atoms with Crippen LogP contribution in [0.25, 0.3) is 0 Å². The molecule has 1 aromatic rings. The number of nitrogens with one attached hydrogen (secondary N) is 1. The van der Waals surface area contributed by atoms with Crippen LogP contribution in [0.2, 0.25) is 0 Å². The van der Waals surface area contributed by atoms with Crippen molar-refractivity contribution in [3.05, 3.63) is 23.8 Å². The number of ether oxygens (including phenoxy) is 2. The fraction of sp³-hybridized carbons (Fsp3) is 0.429. The molecule has 0 saturated carbocycles. The second-order valence-corrected chi connectivity index (χ2v) is 5.78. The van der Waals surface area contributed by atoms with Gasteiger partial charge in [0.15, 0.2) is 5.75 Å². The van der Waals surface area contributed by atoms with Crippen molar-refractivity contribution in [3.63, 3.8) is 0 Å². The van der Waals surface area contributed by atoms with Gasteiger partial charge in [-0.1, -0.05) is 0 Å². The van der Waals surface area contributed by atoms with Crippen LogP contribution in [0.15, 0.2) is 18.2 Å². The molecule has 0 aliphatic heterocycles. The zero-order valence-electron chi connectivity index (χ0n) is 12.7. The van der Waals surface area contributed by atoms with E-state index in [2.05, 4.69) is 17.9 Å². The summed E-state index contributed by atoms with van der Waals surface area (Å²) in [6.07, 6.45) is -5.51. The quantitative estimate of drug-likeness (QED) is 0.493. The number of halogens is 3. The smallest absolute Gasteiger partial charge is 0.416 e. The monoisotopic (exact) mass is 351 g/mol. The molecule has 9 heteroatoms. The van der Waals surface area contributed by atoms with E-state index in [1.165, 1.54) is 0 Å². The topological polar surface area (TPSA) is 64.6 Å². The minimum Gasteiger partial charge on any atom is -0.444 e. The van der Waals surface area contributed by atoms with Crippen LogP contribution >= 0.6 is 12.6 Å². The van der Waals surface area contributed by atoms with Gasteiger partial charge in [0.1, 0.15) is 5.60 Å². The molecule has 0 atom stereocenters. The maximum atomic E-state index is 12.7. The highest BCUT2D eigenvalue weighted by Crippen LogP contribution is 2.35. The third-order valence-corrected chi connectivity index (χ3v) is 2.56. The number of esters is 1. The van der Waals surface area contributed by atoms with Gasteiger partial charge in [-0.2, -0.15) is 25.8 Å². The van der Waals surface area contributed by atoms with Gasteiger partial charge in [-0.05, 0) is 39.0 Å². The van der Waals surface area contributed by atoms with E-state index in [4.69, 9.17) is 9.47 Å². The number of carbonyl (C=O) groups excluding carboxylic acids is 2. The minimum absolute atomic E-state index is 0.123. The zero-order valence-corrected chi connectivity index (χ0v) is 13.5. The molecule has 0 unspecified atom stereocenters. The third kappa shape index (κ3) is 6.39. The third-order valence-electron chi connectivity index (χ3n) is 2.30. The summed E-state index contributed by atoms with van der Waals surface area (Å²) in [5.74, 6) is -1.63. The molecule has 23 heavy (non-hydrogen) atoms. The number of benzene rings is 1. The Kier molecular flexibility index (Phi) is 5.92. The molecule has 0 aliphatic rings. The molecule has 1 rings (SSSR count). The van der Waals surface area contributed by atoms with E-state index < -0.39 is 35.2 Å². The van der Waals surface area contributed by atoms with Crippen molar-refractivity contribution >= 4 is 30.4 Å². The number of carbonyl (C=O) groups is 2. The van der Waals surface area contributed by atoms with E-state index in [9.17, 15) is 22.8 Å². The molecule has 0 saturated heterocycles. The average Bonchev–Trinajstić information content (AvgIpc) is 2.37. The van der Waals surface area contributed by atoms with Gasteiger partial charge < -0.3 is 9.47 Å². The second-order valence-electron chi connectivity index (χ2n) is 5.47. The van der Waals surface area contributed by atoms with Crippen LogP contribution < -0.4 is 10.1 Å². The van der Waals surface area contributed by atoms with Gasteiger partial charge in [0, 0.05) is 0 Å². The number of hydrogen-bond acceptors (Lipinski definition) is 5. The highest BCUT2D eigenvalue weighted by molar-refractivity contribution is 7.81. The molecule has 0 aromatic heterocycles. The first-order valence-electron chi connectivity index (χ1n) is 6.45. The van der Waals surface area contributed by atoms with Gasteiger partial charge in [-0.15, -0.1) is 0 Å². The summed E-state index contributed by atoms with van der Waals surface area (Å²) in [6.45, 7) is 4.88. The summed E-state index contributed by atoms with van der Waals surface area (Å²) in [5.41, 5.74) is -1.94. The fourth-order valence-electron chi connectivity index (χ4n) is 1.45. The Morgan fingerprint density at radius 3 is 2.30 bits per heavy atom. The number of thiol groups is 1. The number of alkyl halides is 3. The maximum absolute atomic E-state index is 12.7. The molecule has 0 radical (unpaired) electrons. The van der Waals surface area contributed by atoms with Crippen molar-refractivity contribution in [1.29, 1.82) is 0 Å². The molecule has 0 fully saturated rings. The van der Waals surface area contributed by atoms with Crippen molar-refractivity contribution in [3.8, 4) is 5.75 Å². The predicted octanol–water partition coefficient (Wildman–Crippen LogP) is 3.89. The van der Waals surface area contributed by atoms with Gasteiger partial charge in [0.25, 0.3) is 0 Å². The Labute approximate surface area is 136 Å². The Morgan fingerprint density at radius 1 is 1.22 bits per heavy atom. The van der Waals surface area contributed by atoms with Gasteiger partial charge in [0.05, 0.1) is 17.0 Å². The summed E-state index contributed by atoms with van der Waals surface area (Å²) in [4.78, 5) is 23.0. The number of hydrogen-bond donors (Lipinski definition) is 2. The van der Waals surface area contributed by atoms with Crippen molar-refractivity contribution in [2.75, 3.05) is 11.1 Å². The van der Waals surface area contributed by atoms with E-state index in [0.29, 0.717) is 6.07 Å². The molecule has 5 nitrogen and oxygen atoms in total. The fourth-order valence-corrected chi connectivity index (χ4v) is 1.52. The summed E-state index contributed by atoms with van der Waals surface area (Å²) in [5, 5.41) is 2.24. The molecule has 1 amide bonds. The van der Waals surface area contributed by atoms with Crippen LogP contribution in [-0.4, -0.2) is 23.4 Å². The summed E-state index contributed by atoms with van der Waals surface area (Å²) in [6, 6.07) is 2.35. The van der Waals surface area contributed by atoms with Gasteiger partial charge in [-0.25, -0.2) is 4.79 Å². The Balaban J connectivity index is 3.10. The molecule has 128 valence electrons. The molecular formula is C14H16F3NO4S. The first kappa shape index (κ1) is 19.1. The summed E-state index contributed by atoms with van der Waals surface area (Å²) >= 11 is 3.68. The number of anilines is 1. The maximum Gasteiger partial charge on any atom is 0.416 e. The lowest BCUT2D eigenvalue weighted by molar-refractivity contribution is -0.138. The van der Waals surface area contributed by atoms with Gasteiger partial charge in [0.2, 0.25) is 0 Å². The first-order valence-corrected chi connectivity index (χ1v) is 7.08. The summed E-state index contributed by atoms with van der Waals surface area (Å²) < 4.78 is 48.0. The Morgan fingerprint density at radius 2 is 1.83 bits per heavy atom. The second kappa shape index (κ2) is 7.12. The van der Waals surface area contributed by atoms with Gasteiger partial charge in [-0.3, -0.25) is 10.1 Å². The molecule has 0 aliphatic carbocycles. The highest BCUT2D eigenvalue weighted by Gasteiger charge is 2.32. The minimum atomic E-state index is -4.62. The van der Waals surface area contributed by atoms with Crippen molar-refractivity contribution in [2.45, 2.75) is 32.5 Å².